The van der Waals surface area contributed by atoms with Crippen LogP contribution in [0.5, 0.6) is 5.75 Å². The van der Waals surface area contributed by atoms with Crippen molar-refractivity contribution in [2.75, 3.05) is 7.11 Å². The van der Waals surface area contributed by atoms with Crippen LogP contribution in [0.3, 0.4) is 0 Å². The molecule has 0 aliphatic carbocycles. The van der Waals surface area contributed by atoms with E-state index in [1.165, 1.54) is 23.4 Å². The summed E-state index contributed by atoms with van der Waals surface area (Å²) in [4.78, 5) is 8.33. The van der Waals surface area contributed by atoms with Crippen molar-refractivity contribution in [2.24, 2.45) is 0 Å². The molecule has 2 atom stereocenters. The number of H-pyrrole nitrogens is 1. The largest absolute Gasteiger partial charge is 0.497 e. The molecule has 4 aromatic rings. The van der Waals surface area contributed by atoms with Gasteiger partial charge in [0.25, 0.3) is 0 Å². The number of nitrogens with zero attached hydrogens (tertiary/aromatic N) is 5. The predicted octanol–water partition coefficient (Wildman–Crippen LogP) is 2.42. The number of aromatic nitrogens is 6. The molecule has 0 spiro atoms. The lowest BCUT2D eigenvalue weighted by Crippen LogP contribution is -2.50. The fourth-order valence-corrected chi connectivity index (χ4v) is 3.52. The molecule has 9 nitrogen and oxygen atoms in total. The quantitative estimate of drug-likeness (QED) is 0.355. The number of hydrogen-bond donors (Lipinski definition) is 3. The van der Waals surface area contributed by atoms with Crippen molar-refractivity contribution in [3.05, 3.63) is 78.1 Å². The van der Waals surface area contributed by atoms with Gasteiger partial charge in [-0.3, -0.25) is 5.10 Å². The van der Waals surface area contributed by atoms with E-state index in [2.05, 4.69) is 30.6 Å². The molecule has 0 saturated heterocycles. The summed E-state index contributed by atoms with van der Waals surface area (Å²) in [6.07, 6.45) is 2.73. The molecule has 0 unspecified atom stereocenters. The number of benzene rings is 2. The van der Waals surface area contributed by atoms with Crippen molar-refractivity contribution < 1.29 is 18.6 Å². The van der Waals surface area contributed by atoms with Crippen LogP contribution < -0.4 is 10.1 Å². The number of methoxy groups -OCH3 is 1. The van der Waals surface area contributed by atoms with Gasteiger partial charge in [0.2, 0.25) is 0 Å². The van der Waals surface area contributed by atoms with Crippen LogP contribution in [-0.2, 0) is 18.7 Å². The molecule has 0 aliphatic rings. The van der Waals surface area contributed by atoms with Gasteiger partial charge in [0.15, 0.2) is 5.82 Å². The van der Waals surface area contributed by atoms with Crippen LogP contribution in [0.1, 0.15) is 18.3 Å². The molecule has 3 N–H and O–H groups in total. The van der Waals surface area contributed by atoms with Gasteiger partial charge >= 0.3 is 0 Å². The molecule has 33 heavy (non-hydrogen) atoms. The van der Waals surface area contributed by atoms with E-state index < -0.39 is 23.3 Å². The highest BCUT2D eigenvalue weighted by atomic mass is 19.1. The Morgan fingerprint density at radius 1 is 1.21 bits per heavy atom. The van der Waals surface area contributed by atoms with Gasteiger partial charge in [-0.15, -0.1) is 0 Å². The summed E-state index contributed by atoms with van der Waals surface area (Å²) in [5, 5.41) is 25.8. The molecule has 172 valence electrons. The average Bonchev–Trinajstić information content (AvgIpc) is 3.49. The van der Waals surface area contributed by atoms with Crippen LogP contribution in [0.15, 0.2) is 55.1 Å². The van der Waals surface area contributed by atoms with E-state index in [9.17, 15) is 13.9 Å². The summed E-state index contributed by atoms with van der Waals surface area (Å²) < 4.78 is 34.7. The topological polar surface area (TPSA) is 114 Å². The van der Waals surface area contributed by atoms with Crippen LogP contribution in [-0.4, -0.2) is 48.2 Å². The van der Waals surface area contributed by atoms with Crippen molar-refractivity contribution >= 4 is 0 Å². The molecule has 0 aliphatic heterocycles. The molecular formula is C22H23F2N7O2. The number of hydrogen-bond acceptors (Lipinski definition) is 7. The molecule has 0 fully saturated rings. The zero-order chi connectivity index (χ0) is 23.4. The maximum atomic E-state index is 14.6. The Morgan fingerprint density at radius 2 is 2.00 bits per heavy atom. The first-order valence-corrected chi connectivity index (χ1v) is 10.2. The zero-order valence-corrected chi connectivity index (χ0v) is 18.0. The van der Waals surface area contributed by atoms with E-state index in [4.69, 9.17) is 4.74 Å². The van der Waals surface area contributed by atoms with E-state index in [0.717, 1.165) is 23.4 Å². The van der Waals surface area contributed by atoms with E-state index in [1.807, 2.05) is 24.3 Å². The van der Waals surface area contributed by atoms with E-state index >= 15 is 0 Å². The predicted molar refractivity (Wildman–Crippen MR) is 115 cm³/mol. The maximum absolute atomic E-state index is 14.6. The van der Waals surface area contributed by atoms with E-state index in [-0.39, 0.29) is 18.7 Å². The van der Waals surface area contributed by atoms with Crippen molar-refractivity contribution in [3.63, 3.8) is 0 Å². The Balaban J connectivity index is 1.52. The van der Waals surface area contributed by atoms with Gasteiger partial charge in [-0.1, -0.05) is 6.07 Å². The summed E-state index contributed by atoms with van der Waals surface area (Å²) in [5.74, 6) is 0.171. The van der Waals surface area contributed by atoms with Gasteiger partial charge in [-0.25, -0.2) is 23.4 Å². The number of aromatic amines is 1. The lowest BCUT2D eigenvalue weighted by molar-refractivity contribution is -0.0207. The number of aliphatic hydroxyl groups is 1. The summed E-state index contributed by atoms with van der Waals surface area (Å²) in [6, 6.07) is 9.71. The van der Waals surface area contributed by atoms with E-state index in [1.54, 1.807) is 14.0 Å². The normalized spacial score (nSPS) is 14.1. The van der Waals surface area contributed by atoms with Gasteiger partial charge in [-0.05, 0) is 37.3 Å². The molecule has 2 aromatic carbocycles. The first-order valence-electron chi connectivity index (χ1n) is 10.2. The average molecular weight is 455 g/mol. The third-order valence-electron chi connectivity index (χ3n) is 5.44. The fourth-order valence-electron chi connectivity index (χ4n) is 3.52. The third kappa shape index (κ3) is 4.89. The second-order valence-electron chi connectivity index (χ2n) is 7.58. The van der Waals surface area contributed by atoms with Crippen molar-refractivity contribution in [2.45, 2.75) is 31.7 Å². The minimum absolute atomic E-state index is 0.0594. The molecule has 11 heteroatoms. The van der Waals surface area contributed by atoms with Crippen molar-refractivity contribution in [3.8, 4) is 17.1 Å². The highest BCUT2D eigenvalue weighted by molar-refractivity contribution is 5.55. The lowest BCUT2D eigenvalue weighted by Gasteiger charge is -2.35. The van der Waals surface area contributed by atoms with Gasteiger partial charge in [-0.2, -0.15) is 10.2 Å². The minimum atomic E-state index is -1.76. The highest BCUT2D eigenvalue weighted by Crippen LogP contribution is 2.30. The van der Waals surface area contributed by atoms with Crippen LogP contribution in [0.25, 0.3) is 11.4 Å². The molecule has 4 rings (SSSR count). The van der Waals surface area contributed by atoms with Gasteiger partial charge in [0, 0.05) is 23.2 Å². The van der Waals surface area contributed by atoms with Gasteiger partial charge < -0.3 is 15.2 Å². The monoisotopic (exact) mass is 455 g/mol. The molecule has 2 heterocycles. The molecule has 0 bridgehead atoms. The first-order chi connectivity index (χ1) is 15.9. The molecule has 0 saturated carbocycles. The van der Waals surface area contributed by atoms with Crippen LogP contribution >= 0.6 is 0 Å². The van der Waals surface area contributed by atoms with Crippen LogP contribution in [0, 0.1) is 11.6 Å². The van der Waals surface area contributed by atoms with Gasteiger partial charge in [0.05, 0.1) is 20.2 Å². The number of ether oxygens (including phenoxy) is 1. The SMILES string of the molecule is COc1ccc(-c2n[nH]c(CN[C@H](C)[C@](O)(Cn3cncn3)c3ccc(F)cc3F)n2)cc1. The third-order valence-corrected chi connectivity index (χ3v) is 5.44. The summed E-state index contributed by atoms with van der Waals surface area (Å²) in [7, 11) is 1.59. The van der Waals surface area contributed by atoms with Crippen LogP contribution in [0.4, 0.5) is 8.78 Å². The molecule has 0 amide bonds. The minimum Gasteiger partial charge on any atom is -0.497 e. The summed E-state index contributed by atoms with van der Waals surface area (Å²) in [5.41, 5.74) is -1.01. The smallest absolute Gasteiger partial charge is 0.181 e. The number of nitrogens with one attached hydrogen (secondary N) is 2. The molecular weight excluding hydrogens is 432 g/mol. The molecule has 2 aromatic heterocycles. The van der Waals surface area contributed by atoms with E-state index in [0.29, 0.717) is 11.6 Å². The number of halogens is 2. The number of rotatable bonds is 9. The Hall–Kier alpha value is -3.70. The maximum Gasteiger partial charge on any atom is 0.181 e. The summed E-state index contributed by atoms with van der Waals surface area (Å²) in [6.45, 7) is 1.81. The fraction of sp³-hybridized carbons (Fsp3) is 0.273. The lowest BCUT2D eigenvalue weighted by atomic mass is 9.86. The van der Waals surface area contributed by atoms with Crippen molar-refractivity contribution in [1.82, 2.24) is 35.3 Å². The Morgan fingerprint density at radius 3 is 2.67 bits per heavy atom. The van der Waals surface area contributed by atoms with Crippen LogP contribution in [0.2, 0.25) is 0 Å². The summed E-state index contributed by atoms with van der Waals surface area (Å²) >= 11 is 0. The standard InChI is InChI=1S/C22H23F2N7O2/c1-14(26-10-20-28-21(30-29-20)15-3-6-17(33-2)7-4-15)22(32,11-31-13-25-12-27-31)18-8-5-16(23)9-19(18)24/h3-9,12-14,26,32H,10-11H2,1-2H3,(H,28,29,30)/t14-,22-/m1/s1. The second-order valence-corrected chi connectivity index (χ2v) is 7.58. The second kappa shape index (κ2) is 9.43. The van der Waals surface area contributed by atoms with Gasteiger partial charge in [0.1, 0.15) is 41.5 Å². The Kier molecular flexibility index (Phi) is 6.43. The Labute approximate surface area is 188 Å². The van der Waals surface area contributed by atoms with Crippen molar-refractivity contribution in [1.29, 1.82) is 0 Å². The highest BCUT2D eigenvalue weighted by Gasteiger charge is 2.39. The molecule has 0 radical (unpaired) electrons. The first kappa shape index (κ1) is 22.5. The Bertz CT molecular complexity index is 1200. The zero-order valence-electron chi connectivity index (χ0n) is 18.0.